The molecule has 1 saturated heterocycles. The van der Waals surface area contributed by atoms with Gasteiger partial charge in [0.2, 0.25) is 5.89 Å². The van der Waals surface area contributed by atoms with Gasteiger partial charge in [-0.1, -0.05) is 36.3 Å². The first-order valence-electron chi connectivity index (χ1n) is 10.5. The third kappa shape index (κ3) is 4.14. The van der Waals surface area contributed by atoms with E-state index in [2.05, 4.69) is 39.2 Å². The van der Waals surface area contributed by atoms with Crippen molar-refractivity contribution in [2.75, 3.05) is 26.3 Å². The number of morpholine rings is 1. The Bertz CT molecular complexity index is 1230. The molecule has 3 aromatic heterocycles. The summed E-state index contributed by atoms with van der Waals surface area (Å²) in [6, 6.07) is 10.1. The molecule has 1 aliphatic heterocycles. The Kier molecular flexibility index (Phi) is 5.35. The Labute approximate surface area is 178 Å². The van der Waals surface area contributed by atoms with Crippen molar-refractivity contribution in [3.05, 3.63) is 70.4 Å². The highest BCUT2D eigenvalue weighted by Gasteiger charge is 2.16. The predicted molar refractivity (Wildman–Crippen MR) is 114 cm³/mol. The Balaban J connectivity index is 1.35. The molecule has 1 fully saturated rings. The summed E-state index contributed by atoms with van der Waals surface area (Å²) in [4.78, 5) is 19.7. The average molecular weight is 420 g/mol. The van der Waals surface area contributed by atoms with Gasteiger partial charge in [0.05, 0.1) is 32.0 Å². The molecule has 0 bridgehead atoms. The van der Waals surface area contributed by atoms with Gasteiger partial charge in [0.1, 0.15) is 5.52 Å². The summed E-state index contributed by atoms with van der Waals surface area (Å²) in [7, 11) is 0. The maximum atomic E-state index is 13.0. The van der Waals surface area contributed by atoms with E-state index in [-0.39, 0.29) is 12.1 Å². The summed E-state index contributed by atoms with van der Waals surface area (Å²) in [5, 5.41) is 8.60. The molecule has 4 heterocycles. The molecule has 1 aliphatic rings. The molecule has 0 N–H and O–H groups in total. The van der Waals surface area contributed by atoms with E-state index in [1.54, 1.807) is 21.5 Å². The molecule has 0 saturated carbocycles. The summed E-state index contributed by atoms with van der Waals surface area (Å²) >= 11 is 0. The first-order valence-corrected chi connectivity index (χ1v) is 10.5. The Morgan fingerprint density at radius 2 is 1.87 bits per heavy atom. The van der Waals surface area contributed by atoms with Crippen molar-refractivity contribution < 1.29 is 9.26 Å². The number of aryl methyl sites for hydroxylation is 1. The lowest BCUT2D eigenvalue weighted by atomic mass is 10.1. The van der Waals surface area contributed by atoms with Crippen LogP contribution in [0.15, 0.2) is 52.0 Å². The highest BCUT2D eigenvalue weighted by atomic mass is 16.5. The minimum absolute atomic E-state index is 0.147. The number of ether oxygens (including phenoxy) is 1. The molecule has 31 heavy (non-hydrogen) atoms. The highest BCUT2D eigenvalue weighted by molar-refractivity contribution is 5.65. The maximum Gasteiger partial charge on any atom is 0.277 e. The molecular weight excluding hydrogens is 396 g/mol. The quantitative estimate of drug-likeness (QED) is 0.471. The summed E-state index contributed by atoms with van der Waals surface area (Å²) < 4.78 is 13.9. The van der Waals surface area contributed by atoms with E-state index in [0.717, 1.165) is 30.8 Å². The van der Waals surface area contributed by atoms with Crippen LogP contribution in [0.1, 0.15) is 24.2 Å². The largest absolute Gasteiger partial charge is 0.379 e. The van der Waals surface area contributed by atoms with Gasteiger partial charge in [-0.05, 0) is 18.1 Å². The van der Waals surface area contributed by atoms with Crippen molar-refractivity contribution in [1.82, 2.24) is 29.2 Å². The van der Waals surface area contributed by atoms with Crippen molar-refractivity contribution >= 4 is 5.52 Å². The maximum absolute atomic E-state index is 13.0. The van der Waals surface area contributed by atoms with E-state index in [1.165, 1.54) is 5.56 Å². The monoisotopic (exact) mass is 420 g/mol. The number of benzene rings is 1. The van der Waals surface area contributed by atoms with E-state index in [4.69, 9.17) is 9.26 Å². The van der Waals surface area contributed by atoms with Crippen LogP contribution in [0.4, 0.5) is 0 Å². The lowest BCUT2D eigenvalue weighted by Gasteiger charge is -2.24. The van der Waals surface area contributed by atoms with Gasteiger partial charge in [-0.25, -0.2) is 4.52 Å². The Hall–Kier alpha value is -3.30. The zero-order valence-electron chi connectivity index (χ0n) is 17.4. The minimum Gasteiger partial charge on any atom is -0.379 e. The molecule has 0 spiro atoms. The van der Waals surface area contributed by atoms with Crippen LogP contribution >= 0.6 is 0 Å². The van der Waals surface area contributed by atoms with Gasteiger partial charge in [-0.2, -0.15) is 10.1 Å². The SMILES string of the molecule is CCc1ccc(-c2cc3c(=O)n(Cc4noc(CN5CCOCC5)n4)ccn3n2)cc1. The van der Waals surface area contributed by atoms with Crippen molar-refractivity contribution in [3.8, 4) is 11.3 Å². The van der Waals surface area contributed by atoms with Crippen LogP contribution in [0, 0.1) is 0 Å². The second kappa shape index (κ2) is 8.44. The number of rotatable bonds is 6. The second-order valence-electron chi connectivity index (χ2n) is 7.63. The van der Waals surface area contributed by atoms with Crippen LogP contribution in [-0.4, -0.2) is 55.5 Å². The molecule has 0 aliphatic carbocycles. The number of fused-ring (bicyclic) bond motifs is 1. The first kappa shape index (κ1) is 19.7. The standard InChI is InChI=1S/C22H24N6O3/c1-2-16-3-5-17(6-4-16)18-13-19-22(29)27(7-8-28(19)24-18)14-20-23-21(31-25-20)15-26-9-11-30-12-10-26/h3-8,13H,2,9-12,14-15H2,1H3. The fourth-order valence-corrected chi connectivity index (χ4v) is 3.72. The van der Waals surface area contributed by atoms with Crippen molar-refractivity contribution in [2.24, 2.45) is 0 Å². The summed E-state index contributed by atoms with van der Waals surface area (Å²) in [5.74, 6) is 1.03. The van der Waals surface area contributed by atoms with Crippen molar-refractivity contribution in [1.29, 1.82) is 0 Å². The second-order valence-corrected chi connectivity index (χ2v) is 7.63. The molecule has 0 atom stereocenters. The van der Waals surface area contributed by atoms with Crippen molar-refractivity contribution in [2.45, 2.75) is 26.4 Å². The van der Waals surface area contributed by atoms with E-state index in [1.807, 2.05) is 18.2 Å². The zero-order valence-corrected chi connectivity index (χ0v) is 17.4. The first-order chi connectivity index (χ1) is 15.2. The van der Waals surface area contributed by atoms with Gasteiger partial charge in [0.25, 0.3) is 5.56 Å². The van der Waals surface area contributed by atoms with E-state index in [9.17, 15) is 4.79 Å². The highest BCUT2D eigenvalue weighted by Crippen LogP contribution is 2.19. The normalized spacial score (nSPS) is 15.0. The topological polar surface area (TPSA) is 90.7 Å². The molecule has 0 unspecified atom stereocenters. The molecule has 0 amide bonds. The third-order valence-electron chi connectivity index (χ3n) is 5.55. The van der Waals surface area contributed by atoms with Crippen LogP contribution in [0.5, 0.6) is 0 Å². The number of aromatic nitrogens is 5. The smallest absolute Gasteiger partial charge is 0.277 e. The van der Waals surface area contributed by atoms with Crippen LogP contribution in [0.2, 0.25) is 0 Å². The lowest BCUT2D eigenvalue weighted by Crippen LogP contribution is -2.35. The number of nitrogens with zero attached hydrogens (tertiary/aromatic N) is 6. The summed E-state index contributed by atoms with van der Waals surface area (Å²) in [5.41, 5.74) is 3.38. The van der Waals surface area contributed by atoms with Crippen molar-refractivity contribution in [3.63, 3.8) is 0 Å². The van der Waals surface area contributed by atoms with Gasteiger partial charge in [-0.3, -0.25) is 9.69 Å². The van der Waals surface area contributed by atoms with Gasteiger partial charge < -0.3 is 13.8 Å². The molecule has 9 heteroatoms. The van der Waals surface area contributed by atoms with Crippen LogP contribution in [0.3, 0.4) is 0 Å². The molecule has 0 radical (unpaired) electrons. The molecule has 4 aromatic rings. The minimum atomic E-state index is -0.147. The van der Waals surface area contributed by atoms with Crippen LogP contribution in [0.25, 0.3) is 16.8 Å². The predicted octanol–water partition coefficient (Wildman–Crippen LogP) is 1.99. The molecule has 5 rings (SSSR count). The molecule has 160 valence electrons. The van der Waals surface area contributed by atoms with Gasteiger partial charge in [0, 0.05) is 31.0 Å². The summed E-state index contributed by atoms with van der Waals surface area (Å²) in [6.45, 7) is 6.08. The molecular formula is C22H24N6O3. The molecule has 9 nitrogen and oxygen atoms in total. The lowest BCUT2D eigenvalue weighted by molar-refractivity contribution is 0.0297. The fourth-order valence-electron chi connectivity index (χ4n) is 3.72. The van der Waals surface area contributed by atoms with Gasteiger partial charge in [-0.15, -0.1) is 0 Å². The third-order valence-corrected chi connectivity index (χ3v) is 5.55. The number of hydrogen-bond donors (Lipinski definition) is 0. The van der Waals surface area contributed by atoms with E-state index < -0.39 is 0 Å². The Morgan fingerprint density at radius 1 is 1.06 bits per heavy atom. The van der Waals surface area contributed by atoms with Crippen LogP contribution < -0.4 is 5.56 Å². The van der Waals surface area contributed by atoms with E-state index in [0.29, 0.717) is 37.0 Å². The average Bonchev–Trinajstić information content (AvgIpc) is 3.44. The summed E-state index contributed by atoms with van der Waals surface area (Å²) in [6.07, 6.45) is 4.46. The molecule has 1 aromatic carbocycles. The fraction of sp³-hybridized carbons (Fsp3) is 0.364. The van der Waals surface area contributed by atoms with Gasteiger partial charge >= 0.3 is 0 Å². The van der Waals surface area contributed by atoms with Crippen LogP contribution in [-0.2, 0) is 24.2 Å². The Morgan fingerprint density at radius 3 is 2.65 bits per heavy atom. The number of hydrogen-bond acceptors (Lipinski definition) is 7. The van der Waals surface area contributed by atoms with Gasteiger partial charge in [0.15, 0.2) is 5.82 Å². The zero-order chi connectivity index (χ0) is 21.2. The van der Waals surface area contributed by atoms with E-state index >= 15 is 0 Å².